The monoisotopic (exact) mass is 283 g/mol. The summed E-state index contributed by atoms with van der Waals surface area (Å²) in [6, 6.07) is 10.3. The van der Waals surface area contributed by atoms with Crippen molar-refractivity contribution < 1.29 is 4.79 Å². The summed E-state index contributed by atoms with van der Waals surface area (Å²) in [4.78, 5) is 14.0. The standard InChI is InChI=1S/C15H17N5O/c21-15(11-20-12-16-17-18-20)19-8-6-14(7-9-19)10-13-4-2-1-3-5-13/h1-5,10,12H,6-9,11H2. The molecular formula is C15H17N5O. The number of carbonyl (C=O) groups is 1. The second-order valence-corrected chi connectivity index (χ2v) is 5.10. The van der Waals surface area contributed by atoms with E-state index in [1.54, 1.807) is 0 Å². The van der Waals surface area contributed by atoms with Crippen molar-refractivity contribution in [2.24, 2.45) is 0 Å². The minimum atomic E-state index is 0.0704. The van der Waals surface area contributed by atoms with Crippen molar-refractivity contribution in [2.45, 2.75) is 19.4 Å². The van der Waals surface area contributed by atoms with Gasteiger partial charge in [0.15, 0.2) is 0 Å². The Morgan fingerprint density at radius 3 is 2.62 bits per heavy atom. The zero-order chi connectivity index (χ0) is 14.5. The topological polar surface area (TPSA) is 63.9 Å². The Morgan fingerprint density at radius 2 is 1.95 bits per heavy atom. The molecule has 6 heteroatoms. The molecular weight excluding hydrogens is 266 g/mol. The SMILES string of the molecule is O=C(Cn1cnnn1)N1CCC(=Cc2ccccc2)CC1. The molecule has 6 nitrogen and oxygen atoms in total. The van der Waals surface area contributed by atoms with Crippen LogP contribution in [0.3, 0.4) is 0 Å². The Labute approximate surface area is 123 Å². The molecule has 1 aliphatic rings. The predicted octanol–water partition coefficient (Wildman–Crippen LogP) is 1.38. The normalized spacial score (nSPS) is 15.0. The van der Waals surface area contributed by atoms with E-state index in [1.165, 1.54) is 22.1 Å². The van der Waals surface area contributed by atoms with E-state index in [-0.39, 0.29) is 12.5 Å². The Bertz CT molecular complexity index is 611. The number of hydrogen-bond acceptors (Lipinski definition) is 4. The van der Waals surface area contributed by atoms with E-state index < -0.39 is 0 Å². The first-order valence-electron chi connectivity index (χ1n) is 7.04. The summed E-state index contributed by atoms with van der Waals surface area (Å²) in [5, 5.41) is 10.8. The van der Waals surface area contributed by atoms with Crippen LogP contribution in [0.15, 0.2) is 42.2 Å². The molecule has 0 radical (unpaired) electrons. The van der Waals surface area contributed by atoms with Crippen molar-refractivity contribution in [1.82, 2.24) is 25.1 Å². The highest BCUT2D eigenvalue weighted by Gasteiger charge is 2.19. The minimum absolute atomic E-state index is 0.0704. The smallest absolute Gasteiger partial charge is 0.244 e. The van der Waals surface area contributed by atoms with E-state index in [1.807, 2.05) is 23.1 Å². The van der Waals surface area contributed by atoms with Crippen LogP contribution in [-0.2, 0) is 11.3 Å². The lowest BCUT2D eigenvalue weighted by atomic mass is 10.0. The number of hydrogen-bond donors (Lipinski definition) is 0. The maximum atomic E-state index is 12.1. The first kappa shape index (κ1) is 13.5. The van der Waals surface area contributed by atoms with Crippen LogP contribution in [0.25, 0.3) is 6.08 Å². The van der Waals surface area contributed by atoms with Gasteiger partial charge in [-0.1, -0.05) is 42.0 Å². The van der Waals surface area contributed by atoms with Gasteiger partial charge in [-0.25, -0.2) is 4.68 Å². The number of carbonyl (C=O) groups excluding carboxylic acids is 1. The van der Waals surface area contributed by atoms with Crippen LogP contribution < -0.4 is 0 Å². The summed E-state index contributed by atoms with van der Waals surface area (Å²) in [5.74, 6) is 0.0704. The quantitative estimate of drug-likeness (QED) is 0.853. The van der Waals surface area contributed by atoms with Gasteiger partial charge >= 0.3 is 0 Å². The second kappa shape index (κ2) is 6.30. The van der Waals surface area contributed by atoms with E-state index in [0.717, 1.165) is 25.9 Å². The lowest BCUT2D eigenvalue weighted by Crippen LogP contribution is -2.38. The van der Waals surface area contributed by atoms with Crippen LogP contribution in [0.2, 0.25) is 0 Å². The van der Waals surface area contributed by atoms with Crippen LogP contribution in [0.5, 0.6) is 0 Å². The molecule has 108 valence electrons. The summed E-state index contributed by atoms with van der Waals surface area (Å²) in [6.07, 6.45) is 5.54. The average molecular weight is 283 g/mol. The fourth-order valence-corrected chi connectivity index (χ4v) is 2.46. The molecule has 0 atom stereocenters. The third-order valence-corrected chi connectivity index (χ3v) is 3.62. The molecule has 1 aromatic heterocycles. The van der Waals surface area contributed by atoms with Gasteiger partial charge in [-0.2, -0.15) is 0 Å². The Balaban J connectivity index is 1.55. The second-order valence-electron chi connectivity index (χ2n) is 5.10. The molecule has 1 aliphatic heterocycles. The number of likely N-dealkylation sites (tertiary alicyclic amines) is 1. The first-order valence-corrected chi connectivity index (χ1v) is 7.04. The molecule has 1 fully saturated rings. The highest BCUT2D eigenvalue weighted by atomic mass is 16.2. The van der Waals surface area contributed by atoms with Gasteiger partial charge in [0.1, 0.15) is 12.9 Å². The summed E-state index contributed by atoms with van der Waals surface area (Å²) in [5.41, 5.74) is 2.62. The van der Waals surface area contributed by atoms with Crippen molar-refractivity contribution >= 4 is 12.0 Å². The maximum Gasteiger partial charge on any atom is 0.244 e. The zero-order valence-electron chi connectivity index (χ0n) is 11.7. The largest absolute Gasteiger partial charge is 0.340 e. The maximum absolute atomic E-state index is 12.1. The van der Waals surface area contributed by atoms with Gasteiger partial charge < -0.3 is 4.90 Å². The van der Waals surface area contributed by atoms with Gasteiger partial charge in [-0.3, -0.25) is 4.79 Å². The molecule has 21 heavy (non-hydrogen) atoms. The summed E-state index contributed by atoms with van der Waals surface area (Å²) in [7, 11) is 0. The summed E-state index contributed by atoms with van der Waals surface area (Å²) in [6.45, 7) is 1.74. The van der Waals surface area contributed by atoms with Gasteiger partial charge in [-0.15, -0.1) is 5.10 Å². The molecule has 2 aromatic rings. The molecule has 0 aliphatic carbocycles. The molecule has 1 aromatic carbocycles. The Morgan fingerprint density at radius 1 is 1.19 bits per heavy atom. The van der Waals surface area contributed by atoms with E-state index in [0.29, 0.717) is 0 Å². The van der Waals surface area contributed by atoms with E-state index >= 15 is 0 Å². The molecule has 1 saturated heterocycles. The number of nitrogens with zero attached hydrogens (tertiary/aromatic N) is 5. The van der Waals surface area contributed by atoms with Gasteiger partial charge in [0.25, 0.3) is 0 Å². The molecule has 3 rings (SSSR count). The third kappa shape index (κ3) is 3.53. The molecule has 0 bridgehead atoms. The van der Waals surface area contributed by atoms with E-state index in [2.05, 4.69) is 33.7 Å². The van der Waals surface area contributed by atoms with E-state index in [4.69, 9.17) is 0 Å². The number of aromatic nitrogens is 4. The van der Waals surface area contributed by atoms with Crippen LogP contribution in [0.1, 0.15) is 18.4 Å². The number of amides is 1. The van der Waals surface area contributed by atoms with Crippen molar-refractivity contribution in [3.63, 3.8) is 0 Å². The predicted molar refractivity (Wildman–Crippen MR) is 78.1 cm³/mol. The summed E-state index contributed by atoms with van der Waals surface area (Å²) >= 11 is 0. The molecule has 0 N–H and O–H groups in total. The Hall–Kier alpha value is -2.50. The molecule has 0 saturated carbocycles. The number of benzene rings is 1. The molecule has 1 amide bonds. The fraction of sp³-hybridized carbons (Fsp3) is 0.333. The van der Waals surface area contributed by atoms with Gasteiger partial charge in [-0.05, 0) is 28.8 Å². The molecule has 2 heterocycles. The van der Waals surface area contributed by atoms with E-state index in [9.17, 15) is 4.79 Å². The third-order valence-electron chi connectivity index (χ3n) is 3.62. The highest BCUT2D eigenvalue weighted by molar-refractivity contribution is 5.76. The van der Waals surface area contributed by atoms with Crippen LogP contribution in [0, 0.1) is 0 Å². The van der Waals surface area contributed by atoms with Crippen molar-refractivity contribution in [3.8, 4) is 0 Å². The van der Waals surface area contributed by atoms with Crippen molar-refractivity contribution in [3.05, 3.63) is 47.8 Å². The first-order chi connectivity index (χ1) is 10.3. The summed E-state index contributed by atoms with van der Waals surface area (Å²) < 4.78 is 1.46. The Kier molecular flexibility index (Phi) is 4.04. The van der Waals surface area contributed by atoms with Crippen LogP contribution in [0.4, 0.5) is 0 Å². The van der Waals surface area contributed by atoms with Crippen molar-refractivity contribution in [1.29, 1.82) is 0 Å². The van der Waals surface area contributed by atoms with Crippen molar-refractivity contribution in [2.75, 3.05) is 13.1 Å². The zero-order valence-corrected chi connectivity index (χ0v) is 11.7. The number of rotatable bonds is 3. The van der Waals surface area contributed by atoms with Crippen LogP contribution >= 0.6 is 0 Å². The van der Waals surface area contributed by atoms with Gasteiger partial charge in [0.05, 0.1) is 0 Å². The van der Waals surface area contributed by atoms with Crippen LogP contribution in [-0.4, -0.2) is 44.1 Å². The molecule has 0 spiro atoms. The lowest BCUT2D eigenvalue weighted by molar-refractivity contribution is -0.132. The van der Waals surface area contributed by atoms with Gasteiger partial charge in [0, 0.05) is 13.1 Å². The fourth-order valence-electron chi connectivity index (χ4n) is 2.46. The lowest BCUT2D eigenvalue weighted by Gasteiger charge is -2.28. The molecule has 0 unspecified atom stereocenters. The highest BCUT2D eigenvalue weighted by Crippen LogP contribution is 2.19. The number of piperidine rings is 1. The average Bonchev–Trinajstić information content (AvgIpc) is 3.02. The van der Waals surface area contributed by atoms with Gasteiger partial charge in [0.2, 0.25) is 5.91 Å². The number of tetrazole rings is 1. The minimum Gasteiger partial charge on any atom is -0.340 e.